The Balaban J connectivity index is 0.00000242. The van der Waals surface area contributed by atoms with Gasteiger partial charge in [-0.2, -0.15) is 5.48 Å². The number of hydroxylamine groups is 1. The number of amides is 1. The minimum atomic E-state index is -0.930. The summed E-state index contributed by atoms with van der Waals surface area (Å²) in [6.07, 6.45) is 1.26. The monoisotopic (exact) mass is 346 g/mol. The molecule has 0 aliphatic carbocycles. The van der Waals surface area contributed by atoms with Crippen molar-refractivity contribution < 1.29 is 23.9 Å². The number of carbonyl (C=O) groups is 2. The number of nitrogens with one attached hydrogen (secondary N) is 1. The summed E-state index contributed by atoms with van der Waals surface area (Å²) in [5, 5.41) is 11.8. The van der Waals surface area contributed by atoms with E-state index >= 15 is 0 Å². The summed E-state index contributed by atoms with van der Waals surface area (Å²) in [4.78, 5) is 30.1. The maximum absolute atomic E-state index is 13.1. The summed E-state index contributed by atoms with van der Waals surface area (Å²) in [5.74, 6) is -2.77. The second-order valence-corrected chi connectivity index (χ2v) is 4.11. The van der Waals surface area contributed by atoms with Gasteiger partial charge in [0, 0.05) is 64.5 Å². The Morgan fingerprint density at radius 2 is 1.96 bits per heavy atom. The summed E-state index contributed by atoms with van der Waals surface area (Å²) in [7, 11) is 0. The Morgan fingerprint density at radius 1 is 1.26 bits per heavy atom. The molecular weight excluding hydrogens is 332 g/mol. The summed E-state index contributed by atoms with van der Waals surface area (Å²) in [6, 6.07) is 6.78. The number of quaternary nitrogens is 1. The van der Waals surface area contributed by atoms with Crippen LogP contribution in [-0.2, 0) is 9.63 Å². The minimum Gasteiger partial charge on any atom is -0.871 e. The van der Waals surface area contributed by atoms with Gasteiger partial charge in [-0.3, -0.25) is 14.6 Å². The van der Waals surface area contributed by atoms with Crippen molar-refractivity contribution in [2.24, 2.45) is 0 Å². The Labute approximate surface area is 174 Å². The Kier molecular flexibility index (Phi) is 9.13. The van der Waals surface area contributed by atoms with Crippen molar-refractivity contribution in [3.05, 3.63) is 48.0 Å². The predicted molar refractivity (Wildman–Crippen MR) is 80.0 cm³/mol. The van der Waals surface area contributed by atoms with Crippen molar-refractivity contribution in [2.75, 3.05) is 0 Å². The van der Waals surface area contributed by atoms with Crippen LogP contribution in [0.2, 0.25) is 0 Å². The van der Waals surface area contributed by atoms with Crippen molar-refractivity contribution in [3.63, 3.8) is 0 Å². The molecule has 0 saturated heterocycles. The van der Waals surface area contributed by atoms with Gasteiger partial charge in [-0.1, -0.05) is 23.9 Å². The molecule has 0 bridgehead atoms. The average Bonchev–Trinajstić information content (AvgIpc) is 2.44. The van der Waals surface area contributed by atoms with E-state index in [9.17, 15) is 19.1 Å². The molecule has 0 unspecified atom stereocenters. The van der Waals surface area contributed by atoms with Gasteiger partial charge in [0.05, 0.1) is 0 Å². The smallest absolute Gasteiger partial charge is 0.329 e. The third-order valence-electron chi connectivity index (χ3n) is 2.51. The van der Waals surface area contributed by atoms with Crippen LogP contribution in [0.15, 0.2) is 36.5 Å². The molecule has 0 spiro atoms. The van der Waals surface area contributed by atoms with Crippen LogP contribution in [-0.4, -0.2) is 68.2 Å². The van der Waals surface area contributed by atoms with Gasteiger partial charge in [0.2, 0.25) is 0 Å². The van der Waals surface area contributed by atoms with Crippen LogP contribution in [0, 0.1) is 5.82 Å². The molecule has 2 rings (SSSR count). The first-order valence-electron chi connectivity index (χ1n) is 5.88. The van der Waals surface area contributed by atoms with E-state index in [1.807, 2.05) is 0 Å². The zero-order valence-corrected chi connectivity index (χ0v) is 16.0. The zero-order chi connectivity index (χ0) is 15.4. The van der Waals surface area contributed by atoms with Crippen LogP contribution in [0.1, 0.15) is 17.4 Å². The fourth-order valence-electron chi connectivity index (χ4n) is 1.61. The number of nitrogens with zero attached hydrogens (tertiary/aromatic N) is 1. The van der Waals surface area contributed by atoms with Gasteiger partial charge in [0.25, 0.3) is 0 Å². The molecule has 1 heterocycles. The minimum absolute atomic E-state index is 0. The molecular formula is C14H14FKN3O4. The molecule has 23 heavy (non-hydrogen) atoms. The second-order valence-electron chi connectivity index (χ2n) is 4.11. The summed E-state index contributed by atoms with van der Waals surface area (Å²) in [5.41, 5.74) is 2.22. The normalized spacial score (nSPS) is 9.13. The van der Waals surface area contributed by atoms with Gasteiger partial charge < -0.3 is 16.1 Å². The van der Waals surface area contributed by atoms with Gasteiger partial charge in [-0.05, 0) is 23.3 Å². The molecule has 9 heteroatoms. The zero-order valence-electron chi connectivity index (χ0n) is 12.9. The van der Waals surface area contributed by atoms with Gasteiger partial charge >= 0.3 is 11.9 Å². The van der Waals surface area contributed by atoms with Gasteiger partial charge in [0.15, 0.2) is 0 Å². The third kappa shape index (κ3) is 5.97. The number of pyridine rings is 1. The van der Waals surface area contributed by atoms with E-state index in [4.69, 9.17) is 0 Å². The SMILES string of the molecule is CC(=O)ONC(=O)c1ncc(-c2cccc(F)c2)cc1[O-].[K].[NH4+]. The largest absolute Gasteiger partial charge is 0.871 e. The van der Waals surface area contributed by atoms with Crippen LogP contribution < -0.4 is 16.7 Å². The number of hydrogen-bond donors (Lipinski definition) is 2. The molecule has 0 saturated carbocycles. The fraction of sp³-hybridized carbons (Fsp3) is 0.0714. The molecule has 1 radical (unpaired) electrons. The van der Waals surface area contributed by atoms with Crippen molar-refractivity contribution >= 4 is 63.3 Å². The van der Waals surface area contributed by atoms with Crippen molar-refractivity contribution in [1.82, 2.24) is 16.6 Å². The summed E-state index contributed by atoms with van der Waals surface area (Å²) in [6.45, 7) is 1.10. The molecule has 1 aromatic carbocycles. The number of carbonyl (C=O) groups excluding carboxylic acids is 2. The first-order chi connectivity index (χ1) is 9.97. The fourth-order valence-corrected chi connectivity index (χ4v) is 1.61. The van der Waals surface area contributed by atoms with Gasteiger partial charge in [-0.15, -0.1) is 0 Å². The maximum Gasteiger partial charge on any atom is 0.329 e. The summed E-state index contributed by atoms with van der Waals surface area (Å²) >= 11 is 0. The Hall–Kier alpha value is -1.36. The second kappa shape index (κ2) is 9.70. The van der Waals surface area contributed by atoms with E-state index in [0.29, 0.717) is 11.1 Å². The van der Waals surface area contributed by atoms with Gasteiger partial charge in [0.1, 0.15) is 11.5 Å². The number of aromatic nitrogens is 1. The van der Waals surface area contributed by atoms with Crippen LogP contribution in [0.5, 0.6) is 5.75 Å². The molecule has 0 aliphatic rings. The van der Waals surface area contributed by atoms with E-state index in [-0.39, 0.29) is 57.5 Å². The molecule has 0 atom stereocenters. The molecule has 1 aromatic heterocycles. The molecule has 0 fully saturated rings. The Morgan fingerprint density at radius 3 is 2.52 bits per heavy atom. The van der Waals surface area contributed by atoms with Crippen LogP contribution >= 0.6 is 0 Å². The molecule has 1 amide bonds. The van der Waals surface area contributed by atoms with Crippen LogP contribution in [0.3, 0.4) is 0 Å². The van der Waals surface area contributed by atoms with Crippen molar-refractivity contribution in [1.29, 1.82) is 0 Å². The van der Waals surface area contributed by atoms with Gasteiger partial charge in [-0.25, -0.2) is 4.39 Å². The number of hydrogen-bond acceptors (Lipinski definition) is 5. The first kappa shape index (κ1) is 21.6. The van der Waals surface area contributed by atoms with E-state index in [0.717, 1.165) is 13.0 Å². The molecule has 7 nitrogen and oxygen atoms in total. The number of benzene rings is 1. The topological polar surface area (TPSA) is 128 Å². The maximum atomic E-state index is 13.1. The summed E-state index contributed by atoms with van der Waals surface area (Å²) < 4.78 is 13.1. The molecule has 5 N–H and O–H groups in total. The average molecular weight is 346 g/mol. The first-order valence-corrected chi connectivity index (χ1v) is 5.88. The quantitative estimate of drug-likeness (QED) is 0.623. The number of rotatable bonds is 2. The molecule has 117 valence electrons. The van der Waals surface area contributed by atoms with Crippen LogP contribution in [0.4, 0.5) is 4.39 Å². The molecule has 2 aromatic rings. The van der Waals surface area contributed by atoms with E-state index in [2.05, 4.69) is 9.82 Å². The Bertz CT molecular complexity index is 712. The van der Waals surface area contributed by atoms with E-state index in [1.54, 1.807) is 11.5 Å². The van der Waals surface area contributed by atoms with Crippen molar-refractivity contribution in [2.45, 2.75) is 6.92 Å². The van der Waals surface area contributed by atoms with Crippen LogP contribution in [0.25, 0.3) is 11.1 Å². The molecule has 0 aliphatic heterocycles. The van der Waals surface area contributed by atoms with E-state index in [1.165, 1.54) is 24.4 Å². The predicted octanol–water partition coefficient (Wildman–Crippen LogP) is 1.16. The van der Waals surface area contributed by atoms with Crippen molar-refractivity contribution in [3.8, 4) is 16.9 Å². The number of halogens is 1. The van der Waals surface area contributed by atoms with E-state index < -0.39 is 29.1 Å². The third-order valence-corrected chi connectivity index (χ3v) is 2.51. The standard InChI is InChI=1S/C14H11FN2O4.K.H3N/c1-8(18)21-17-14(20)13-12(19)6-10(7-16-13)9-3-2-4-11(15)5-9;;/h2-7,19H,1H3,(H,17,20);;1H3.